The highest BCUT2D eigenvalue weighted by molar-refractivity contribution is 6.31. The Morgan fingerprint density at radius 1 is 0.872 bits per heavy atom. The molecule has 0 saturated carbocycles. The monoisotopic (exact) mass is 554 g/mol. The van der Waals surface area contributed by atoms with Crippen molar-refractivity contribution in [1.29, 1.82) is 0 Å². The minimum atomic E-state index is -1.37. The van der Waals surface area contributed by atoms with E-state index in [4.69, 9.17) is 25.9 Å². The molecule has 0 spiro atoms. The average molecular weight is 555 g/mol. The van der Waals surface area contributed by atoms with Gasteiger partial charge >= 0.3 is 0 Å². The number of carbonyl (C=O) groups is 2. The second-order valence-corrected chi connectivity index (χ2v) is 9.05. The Morgan fingerprint density at radius 3 is 2.15 bits per heavy atom. The van der Waals surface area contributed by atoms with E-state index in [-0.39, 0.29) is 34.1 Å². The molecule has 200 valence electrons. The van der Waals surface area contributed by atoms with Crippen molar-refractivity contribution in [3.8, 4) is 11.5 Å². The van der Waals surface area contributed by atoms with Gasteiger partial charge in [-0.25, -0.2) is 9.96 Å². The number of hydroxylamine groups is 1. The molecule has 2 fully saturated rings. The third kappa shape index (κ3) is 4.27. The number of carbonyl (C=O) groups excluding carboxylic acids is 2. The molecule has 0 unspecified atom stereocenters. The van der Waals surface area contributed by atoms with Gasteiger partial charge in [0.1, 0.15) is 12.0 Å². The van der Waals surface area contributed by atoms with Crippen LogP contribution in [0.4, 0.5) is 22.7 Å². The third-order valence-corrected chi connectivity index (χ3v) is 6.80. The molecule has 3 aromatic carbocycles. The summed E-state index contributed by atoms with van der Waals surface area (Å²) >= 11 is 5.96. The van der Waals surface area contributed by atoms with E-state index >= 15 is 0 Å². The first kappa shape index (κ1) is 25.9. The number of hydrogen-bond acceptors (Lipinski definition) is 10. The van der Waals surface area contributed by atoms with Gasteiger partial charge in [0.05, 0.1) is 47.1 Å². The van der Waals surface area contributed by atoms with Crippen LogP contribution >= 0.6 is 11.6 Å². The summed E-state index contributed by atoms with van der Waals surface area (Å²) in [4.78, 5) is 56.6. The summed E-state index contributed by atoms with van der Waals surface area (Å²) < 4.78 is 10.6. The fourth-order valence-corrected chi connectivity index (χ4v) is 4.95. The number of methoxy groups -OCH3 is 2. The first-order chi connectivity index (χ1) is 18.7. The highest BCUT2D eigenvalue weighted by atomic mass is 35.5. The first-order valence-corrected chi connectivity index (χ1v) is 11.8. The molecule has 5 rings (SSSR count). The van der Waals surface area contributed by atoms with Crippen LogP contribution in [0.25, 0.3) is 0 Å². The van der Waals surface area contributed by atoms with Crippen molar-refractivity contribution < 1.29 is 33.7 Å². The second-order valence-electron chi connectivity index (χ2n) is 8.61. The predicted octanol–water partition coefficient (Wildman–Crippen LogP) is 4.22. The number of amides is 2. The Hall–Kier alpha value is -4.75. The minimum absolute atomic E-state index is 0.0178. The molecule has 0 aromatic heterocycles. The van der Waals surface area contributed by atoms with Crippen molar-refractivity contribution in [2.45, 2.75) is 12.1 Å². The van der Waals surface area contributed by atoms with Gasteiger partial charge in [-0.1, -0.05) is 17.7 Å². The average Bonchev–Trinajstić information content (AvgIpc) is 3.44. The van der Waals surface area contributed by atoms with Crippen LogP contribution in [0.3, 0.4) is 0 Å². The van der Waals surface area contributed by atoms with E-state index < -0.39 is 45.4 Å². The van der Waals surface area contributed by atoms with Gasteiger partial charge < -0.3 is 9.47 Å². The number of nitrogens with zero attached hydrogens (tertiary/aromatic N) is 4. The van der Waals surface area contributed by atoms with Gasteiger partial charge in [-0.2, -0.15) is 0 Å². The lowest BCUT2D eigenvalue weighted by atomic mass is 9.89. The van der Waals surface area contributed by atoms with Gasteiger partial charge in [0.15, 0.2) is 17.6 Å². The van der Waals surface area contributed by atoms with Crippen LogP contribution in [0, 0.1) is 26.1 Å². The van der Waals surface area contributed by atoms with Crippen LogP contribution < -0.4 is 19.4 Å². The number of hydrogen-bond donors (Lipinski definition) is 0. The summed E-state index contributed by atoms with van der Waals surface area (Å²) in [6.45, 7) is 0. The highest BCUT2D eigenvalue weighted by Gasteiger charge is 2.61. The third-order valence-electron chi connectivity index (χ3n) is 6.54. The van der Waals surface area contributed by atoms with Crippen molar-refractivity contribution in [3.05, 3.63) is 91.5 Å². The number of ether oxygens (including phenoxy) is 2. The number of rotatable bonds is 7. The number of fused-ring (bicyclic) bond motifs is 1. The molecule has 3 atom stereocenters. The molecule has 14 heteroatoms. The van der Waals surface area contributed by atoms with Gasteiger partial charge in [0.2, 0.25) is 5.91 Å². The fourth-order valence-electron chi connectivity index (χ4n) is 4.82. The molecule has 2 amide bonds. The quantitative estimate of drug-likeness (QED) is 0.235. The molecule has 3 aromatic rings. The van der Waals surface area contributed by atoms with Crippen LogP contribution in [0.2, 0.25) is 5.02 Å². The van der Waals surface area contributed by atoms with E-state index in [1.165, 1.54) is 68.8 Å². The zero-order chi connectivity index (χ0) is 28.0. The smallest absolute Gasteiger partial charge is 0.278 e. The Bertz CT molecular complexity index is 1510. The molecule has 0 aliphatic carbocycles. The molecule has 2 aliphatic rings. The van der Waals surface area contributed by atoms with E-state index in [9.17, 15) is 29.8 Å². The Balaban J connectivity index is 1.70. The summed E-state index contributed by atoms with van der Waals surface area (Å²) in [5.41, 5.74) is -0.367. The molecule has 39 heavy (non-hydrogen) atoms. The van der Waals surface area contributed by atoms with Gasteiger partial charge in [-0.05, 0) is 36.4 Å². The van der Waals surface area contributed by atoms with E-state index in [0.29, 0.717) is 5.02 Å². The largest absolute Gasteiger partial charge is 0.493 e. The molecular formula is C25H19ClN4O9. The second kappa shape index (κ2) is 9.85. The topological polar surface area (TPSA) is 155 Å². The van der Waals surface area contributed by atoms with Crippen molar-refractivity contribution in [1.82, 2.24) is 0 Å². The minimum Gasteiger partial charge on any atom is -0.493 e. The molecule has 2 aliphatic heterocycles. The molecule has 2 saturated heterocycles. The van der Waals surface area contributed by atoms with Crippen LogP contribution in [0.15, 0.2) is 60.7 Å². The fraction of sp³-hybridized carbons (Fsp3) is 0.200. The number of non-ortho nitro benzene ring substituents is 1. The van der Waals surface area contributed by atoms with E-state index in [1.807, 2.05) is 0 Å². The standard InChI is InChI=1S/C25H19ClN4O9/c1-37-19-11-17(18(30(35)36)12-20(19)38-2)22-21-23(39-28(22)15-4-3-5-16(10-15)29(33)34)25(32)27(24(21)31)14-8-6-13(26)7-9-14/h3-12,21-23H,1-2H3/t21-,22+,23-/m0/s1. The van der Waals surface area contributed by atoms with E-state index in [0.717, 1.165) is 16.0 Å². The first-order valence-electron chi connectivity index (χ1n) is 11.4. The van der Waals surface area contributed by atoms with Crippen LogP contribution in [-0.4, -0.2) is 42.0 Å². The van der Waals surface area contributed by atoms with Crippen LogP contribution in [-0.2, 0) is 14.4 Å². The van der Waals surface area contributed by atoms with E-state index in [2.05, 4.69) is 0 Å². The zero-order valence-corrected chi connectivity index (χ0v) is 21.1. The number of imide groups is 1. The van der Waals surface area contributed by atoms with Gasteiger partial charge in [0, 0.05) is 17.2 Å². The van der Waals surface area contributed by atoms with Gasteiger partial charge in [-0.3, -0.25) is 34.7 Å². The molecule has 2 heterocycles. The van der Waals surface area contributed by atoms with Gasteiger partial charge in [-0.15, -0.1) is 0 Å². The molecule has 13 nitrogen and oxygen atoms in total. The lowest BCUT2D eigenvalue weighted by Gasteiger charge is -2.28. The molecule has 0 N–H and O–H groups in total. The number of anilines is 2. The predicted molar refractivity (Wildman–Crippen MR) is 137 cm³/mol. The number of nitro groups is 2. The number of benzene rings is 3. The lowest BCUT2D eigenvalue weighted by Crippen LogP contribution is -2.37. The Labute approximate surface area is 225 Å². The molecule has 0 radical (unpaired) electrons. The van der Waals surface area contributed by atoms with Crippen molar-refractivity contribution in [2.75, 3.05) is 24.2 Å². The summed E-state index contributed by atoms with van der Waals surface area (Å²) in [6.07, 6.45) is -1.37. The van der Waals surface area contributed by atoms with Crippen LogP contribution in [0.5, 0.6) is 11.5 Å². The number of nitro benzene ring substituents is 2. The SMILES string of the molecule is COc1cc([C@@H]2[C@@H]3C(=O)N(c4ccc(Cl)cc4)C(=O)[C@H]3ON2c2cccc([N+](=O)[O-])c2)c([N+](=O)[O-])cc1OC. The summed E-state index contributed by atoms with van der Waals surface area (Å²) in [6, 6.07) is 12.6. The normalized spacial score (nSPS) is 20.2. The molecular weight excluding hydrogens is 536 g/mol. The zero-order valence-electron chi connectivity index (χ0n) is 20.3. The lowest BCUT2D eigenvalue weighted by molar-refractivity contribution is -0.385. The summed E-state index contributed by atoms with van der Waals surface area (Å²) in [7, 11) is 2.65. The van der Waals surface area contributed by atoms with Crippen molar-refractivity contribution >= 4 is 46.2 Å². The van der Waals surface area contributed by atoms with Crippen molar-refractivity contribution in [3.63, 3.8) is 0 Å². The number of halogens is 1. The summed E-state index contributed by atoms with van der Waals surface area (Å²) in [5.74, 6) is -2.42. The van der Waals surface area contributed by atoms with Crippen LogP contribution in [0.1, 0.15) is 11.6 Å². The Morgan fingerprint density at radius 2 is 1.54 bits per heavy atom. The van der Waals surface area contributed by atoms with Gasteiger partial charge in [0.25, 0.3) is 17.3 Å². The summed E-state index contributed by atoms with van der Waals surface area (Å²) in [5, 5.41) is 25.1. The maximum absolute atomic E-state index is 13.8. The maximum Gasteiger partial charge on any atom is 0.278 e. The van der Waals surface area contributed by atoms with E-state index in [1.54, 1.807) is 0 Å². The molecule has 0 bridgehead atoms. The highest BCUT2D eigenvalue weighted by Crippen LogP contribution is 2.51. The Kier molecular flexibility index (Phi) is 6.54. The maximum atomic E-state index is 13.8. The van der Waals surface area contributed by atoms with Crippen molar-refractivity contribution in [2.24, 2.45) is 5.92 Å².